The van der Waals surface area contributed by atoms with Crippen molar-refractivity contribution in [2.24, 2.45) is 5.92 Å². The van der Waals surface area contributed by atoms with Crippen molar-refractivity contribution in [3.05, 3.63) is 29.3 Å². The van der Waals surface area contributed by atoms with Crippen LogP contribution < -0.4 is 10.6 Å². The molecule has 6 heteroatoms. The van der Waals surface area contributed by atoms with Crippen molar-refractivity contribution in [3.8, 4) is 0 Å². The van der Waals surface area contributed by atoms with Crippen molar-refractivity contribution in [1.82, 2.24) is 5.32 Å². The minimum absolute atomic E-state index is 0.0293. The maximum atomic E-state index is 11.7. The van der Waals surface area contributed by atoms with Crippen molar-refractivity contribution in [3.63, 3.8) is 0 Å². The summed E-state index contributed by atoms with van der Waals surface area (Å²) >= 11 is 5.81. The molecule has 1 fully saturated rings. The lowest BCUT2D eigenvalue weighted by molar-refractivity contribution is -0.136. The first-order valence-electron chi connectivity index (χ1n) is 7.09. The third kappa shape index (κ3) is 4.72. The van der Waals surface area contributed by atoms with Crippen LogP contribution in [-0.2, 0) is 9.59 Å². The smallest absolute Gasteiger partial charge is 0.313 e. The van der Waals surface area contributed by atoms with Crippen molar-refractivity contribution < 1.29 is 14.7 Å². The number of anilines is 1. The standard InChI is InChI=1S/C15H19ClN2O3/c16-11-5-3-6-12(8-11)18-15(21)14(20)17-9-10-4-1-2-7-13(10)19/h3,5-6,8,10,13,19H,1-2,4,7,9H2,(H,17,20)(H,18,21)/t10-,13+/m0/s1. The molecule has 2 atom stereocenters. The molecule has 0 unspecified atom stereocenters. The topological polar surface area (TPSA) is 78.4 Å². The van der Waals surface area contributed by atoms with Crippen LogP contribution in [0.15, 0.2) is 24.3 Å². The number of rotatable bonds is 3. The van der Waals surface area contributed by atoms with Gasteiger partial charge in [-0.15, -0.1) is 0 Å². The van der Waals surface area contributed by atoms with Gasteiger partial charge in [0.15, 0.2) is 0 Å². The molecule has 1 aliphatic carbocycles. The number of benzene rings is 1. The number of halogens is 1. The fourth-order valence-electron chi connectivity index (χ4n) is 2.48. The van der Waals surface area contributed by atoms with E-state index in [1.807, 2.05) is 0 Å². The van der Waals surface area contributed by atoms with Crippen molar-refractivity contribution in [2.45, 2.75) is 31.8 Å². The Labute approximate surface area is 128 Å². The molecule has 0 radical (unpaired) electrons. The minimum atomic E-state index is -0.734. The monoisotopic (exact) mass is 310 g/mol. The largest absolute Gasteiger partial charge is 0.393 e. The summed E-state index contributed by atoms with van der Waals surface area (Å²) in [4.78, 5) is 23.5. The number of nitrogens with one attached hydrogen (secondary N) is 2. The van der Waals surface area contributed by atoms with Gasteiger partial charge in [0.05, 0.1) is 6.10 Å². The van der Waals surface area contributed by atoms with Crippen LogP contribution >= 0.6 is 11.6 Å². The zero-order valence-electron chi connectivity index (χ0n) is 11.6. The van der Waals surface area contributed by atoms with E-state index in [2.05, 4.69) is 10.6 Å². The van der Waals surface area contributed by atoms with Crippen molar-refractivity contribution in [1.29, 1.82) is 0 Å². The molecule has 0 saturated heterocycles. The number of hydrogen-bond acceptors (Lipinski definition) is 3. The van der Waals surface area contributed by atoms with Gasteiger partial charge in [0.25, 0.3) is 0 Å². The zero-order valence-corrected chi connectivity index (χ0v) is 12.4. The summed E-state index contributed by atoms with van der Waals surface area (Å²) in [7, 11) is 0. The average Bonchev–Trinajstić information content (AvgIpc) is 2.46. The molecule has 1 aromatic rings. The molecule has 114 valence electrons. The molecule has 2 rings (SSSR count). The molecule has 0 spiro atoms. The summed E-state index contributed by atoms with van der Waals surface area (Å²) in [6.45, 7) is 0.322. The molecule has 1 saturated carbocycles. The average molecular weight is 311 g/mol. The predicted octanol–water partition coefficient (Wildman–Crippen LogP) is 1.95. The number of amides is 2. The maximum absolute atomic E-state index is 11.7. The van der Waals surface area contributed by atoms with Crippen LogP contribution in [0.5, 0.6) is 0 Å². The van der Waals surface area contributed by atoms with Gasteiger partial charge in [0.1, 0.15) is 0 Å². The molecule has 0 bridgehead atoms. The van der Waals surface area contributed by atoms with Gasteiger partial charge in [0.2, 0.25) is 0 Å². The summed E-state index contributed by atoms with van der Waals surface area (Å²) in [5.74, 6) is -1.41. The number of carbonyl (C=O) groups is 2. The van der Waals surface area contributed by atoms with Crippen LogP contribution in [0.3, 0.4) is 0 Å². The molecule has 1 aromatic carbocycles. The molecule has 5 nitrogen and oxygen atoms in total. The molecule has 0 heterocycles. The fourth-order valence-corrected chi connectivity index (χ4v) is 2.67. The first-order chi connectivity index (χ1) is 10.1. The lowest BCUT2D eigenvalue weighted by Crippen LogP contribution is -2.41. The third-order valence-corrected chi connectivity index (χ3v) is 3.92. The fraction of sp³-hybridized carbons (Fsp3) is 0.467. The van der Waals surface area contributed by atoms with Crippen molar-refractivity contribution in [2.75, 3.05) is 11.9 Å². The van der Waals surface area contributed by atoms with Gasteiger partial charge in [0, 0.05) is 23.2 Å². The highest BCUT2D eigenvalue weighted by Crippen LogP contribution is 2.23. The first-order valence-corrected chi connectivity index (χ1v) is 7.47. The van der Waals surface area contributed by atoms with Gasteiger partial charge in [-0.2, -0.15) is 0 Å². The van der Waals surface area contributed by atoms with Crippen LogP contribution in [0.2, 0.25) is 5.02 Å². The SMILES string of the molecule is O=C(NC[C@@H]1CCCC[C@H]1O)C(=O)Nc1cccc(Cl)c1. The number of carbonyl (C=O) groups excluding carboxylic acids is 2. The Hall–Kier alpha value is -1.59. The number of hydrogen-bond donors (Lipinski definition) is 3. The zero-order chi connectivity index (χ0) is 15.2. The second-order valence-electron chi connectivity index (χ2n) is 5.29. The second kappa shape index (κ2) is 7.43. The quantitative estimate of drug-likeness (QED) is 0.747. The molecule has 0 aromatic heterocycles. The summed E-state index contributed by atoms with van der Waals surface area (Å²) < 4.78 is 0. The Morgan fingerprint density at radius 2 is 2.00 bits per heavy atom. The van der Waals surface area contributed by atoms with E-state index in [1.165, 1.54) is 0 Å². The Morgan fingerprint density at radius 3 is 2.71 bits per heavy atom. The van der Waals surface area contributed by atoms with E-state index >= 15 is 0 Å². The van der Waals surface area contributed by atoms with Crippen LogP contribution in [0.4, 0.5) is 5.69 Å². The van der Waals surface area contributed by atoms with Gasteiger partial charge in [-0.05, 0) is 31.0 Å². The summed E-state index contributed by atoms with van der Waals surface area (Å²) in [5.41, 5.74) is 0.473. The lowest BCUT2D eigenvalue weighted by Gasteiger charge is -2.27. The van der Waals surface area contributed by atoms with Crippen LogP contribution in [-0.4, -0.2) is 29.6 Å². The molecule has 0 aliphatic heterocycles. The minimum Gasteiger partial charge on any atom is -0.393 e. The molecular weight excluding hydrogens is 292 g/mol. The van der Waals surface area contributed by atoms with E-state index in [0.717, 1.165) is 25.7 Å². The normalized spacial score (nSPS) is 21.6. The third-order valence-electron chi connectivity index (χ3n) is 3.68. The summed E-state index contributed by atoms with van der Waals surface area (Å²) in [6, 6.07) is 6.59. The Kier molecular flexibility index (Phi) is 5.59. The molecule has 1 aliphatic rings. The van der Waals surface area contributed by atoms with E-state index in [-0.39, 0.29) is 5.92 Å². The van der Waals surface area contributed by atoms with Gasteiger partial charge in [-0.1, -0.05) is 30.5 Å². The second-order valence-corrected chi connectivity index (χ2v) is 5.72. The molecule has 2 amide bonds. The molecule has 3 N–H and O–H groups in total. The Bertz CT molecular complexity index is 521. The number of aliphatic hydroxyl groups is 1. The Morgan fingerprint density at radius 1 is 1.24 bits per heavy atom. The highest BCUT2D eigenvalue weighted by molar-refractivity contribution is 6.39. The van der Waals surface area contributed by atoms with E-state index in [9.17, 15) is 14.7 Å². The molecule has 21 heavy (non-hydrogen) atoms. The lowest BCUT2D eigenvalue weighted by atomic mass is 9.86. The summed E-state index contributed by atoms with van der Waals surface area (Å²) in [6.07, 6.45) is 3.30. The highest BCUT2D eigenvalue weighted by Gasteiger charge is 2.24. The van der Waals surface area contributed by atoms with Gasteiger partial charge >= 0.3 is 11.8 Å². The van der Waals surface area contributed by atoms with Crippen LogP contribution in [0.1, 0.15) is 25.7 Å². The molecular formula is C15H19ClN2O3. The van der Waals surface area contributed by atoms with Gasteiger partial charge < -0.3 is 15.7 Å². The number of aliphatic hydroxyl groups excluding tert-OH is 1. The maximum Gasteiger partial charge on any atom is 0.313 e. The van der Waals surface area contributed by atoms with Gasteiger partial charge in [-0.25, -0.2) is 0 Å². The van der Waals surface area contributed by atoms with Crippen LogP contribution in [0.25, 0.3) is 0 Å². The Balaban J connectivity index is 1.81. The van der Waals surface area contributed by atoms with Crippen LogP contribution in [0, 0.1) is 5.92 Å². The van der Waals surface area contributed by atoms with E-state index in [1.54, 1.807) is 24.3 Å². The van der Waals surface area contributed by atoms with E-state index < -0.39 is 17.9 Å². The van der Waals surface area contributed by atoms with Crippen molar-refractivity contribution >= 4 is 29.1 Å². The summed E-state index contributed by atoms with van der Waals surface area (Å²) in [5, 5.41) is 15.4. The highest BCUT2D eigenvalue weighted by atomic mass is 35.5. The first kappa shape index (κ1) is 15.8. The van der Waals surface area contributed by atoms with E-state index in [0.29, 0.717) is 17.3 Å². The van der Waals surface area contributed by atoms with Gasteiger partial charge in [-0.3, -0.25) is 9.59 Å². The predicted molar refractivity (Wildman–Crippen MR) is 81.1 cm³/mol. The van der Waals surface area contributed by atoms with E-state index in [4.69, 9.17) is 11.6 Å².